The minimum atomic E-state index is -0.267. The number of pyridine rings is 1. The number of nitrogens with two attached hydrogens (primary N) is 1. The third-order valence-corrected chi connectivity index (χ3v) is 5.20. The fourth-order valence-electron chi connectivity index (χ4n) is 3.67. The molecule has 0 aliphatic heterocycles. The van der Waals surface area contributed by atoms with Crippen LogP contribution in [0.15, 0.2) is 65.4 Å². The summed E-state index contributed by atoms with van der Waals surface area (Å²) in [4.78, 5) is 16.3. The number of nitrogens with zero attached hydrogens (tertiary/aromatic N) is 1. The highest BCUT2D eigenvalue weighted by atomic mass is 16.5. The number of carbonyl (C=O) groups excluding carboxylic acids is 1. The molecule has 164 valence electrons. The molecule has 2 aromatic heterocycles. The molecular weight excluding hydrogens is 404 g/mol. The van der Waals surface area contributed by atoms with E-state index >= 15 is 0 Å². The lowest BCUT2D eigenvalue weighted by molar-refractivity contribution is -0.142. The van der Waals surface area contributed by atoms with E-state index < -0.39 is 0 Å². The maximum atomic E-state index is 12.0. The molecule has 0 atom stereocenters. The summed E-state index contributed by atoms with van der Waals surface area (Å²) in [5.74, 6) is 0.415. The second-order valence-electron chi connectivity index (χ2n) is 7.60. The summed E-state index contributed by atoms with van der Waals surface area (Å²) in [6.07, 6.45) is 3.61. The van der Waals surface area contributed by atoms with E-state index in [-0.39, 0.29) is 12.4 Å². The van der Waals surface area contributed by atoms with Gasteiger partial charge < -0.3 is 19.6 Å². The maximum Gasteiger partial charge on any atom is 0.310 e. The van der Waals surface area contributed by atoms with E-state index in [1.165, 1.54) is 0 Å². The summed E-state index contributed by atoms with van der Waals surface area (Å²) in [7, 11) is 0. The van der Waals surface area contributed by atoms with Gasteiger partial charge in [0.2, 0.25) is 0 Å². The van der Waals surface area contributed by atoms with Crippen LogP contribution < -0.4 is 10.5 Å². The first-order chi connectivity index (χ1) is 15.6. The molecule has 32 heavy (non-hydrogen) atoms. The molecule has 0 spiro atoms. The molecule has 0 radical (unpaired) electrons. The van der Waals surface area contributed by atoms with Crippen LogP contribution in [0.4, 0.5) is 0 Å². The second-order valence-corrected chi connectivity index (χ2v) is 7.60. The molecular formula is C26H26N2O4. The van der Waals surface area contributed by atoms with Crippen LogP contribution in [0.25, 0.3) is 22.1 Å². The Hall–Kier alpha value is -3.64. The molecule has 0 fully saturated rings. The average molecular weight is 431 g/mol. The minimum Gasteiger partial charge on any atom is -0.489 e. The molecule has 4 aromatic rings. The van der Waals surface area contributed by atoms with Crippen molar-refractivity contribution in [1.29, 1.82) is 0 Å². The van der Waals surface area contributed by atoms with Gasteiger partial charge in [0.15, 0.2) is 0 Å². The van der Waals surface area contributed by atoms with Crippen LogP contribution in [0.1, 0.15) is 29.3 Å². The summed E-state index contributed by atoms with van der Waals surface area (Å²) >= 11 is 0. The largest absolute Gasteiger partial charge is 0.489 e. The van der Waals surface area contributed by atoms with Gasteiger partial charge >= 0.3 is 5.97 Å². The van der Waals surface area contributed by atoms with E-state index in [2.05, 4.69) is 11.1 Å². The van der Waals surface area contributed by atoms with Crippen molar-refractivity contribution in [2.75, 3.05) is 6.61 Å². The number of hydrogen-bond donors (Lipinski definition) is 1. The third-order valence-electron chi connectivity index (χ3n) is 5.20. The highest BCUT2D eigenvalue weighted by Crippen LogP contribution is 2.32. The van der Waals surface area contributed by atoms with Crippen molar-refractivity contribution >= 4 is 16.9 Å². The van der Waals surface area contributed by atoms with Crippen molar-refractivity contribution in [2.24, 2.45) is 5.73 Å². The first-order valence-electron chi connectivity index (χ1n) is 10.6. The van der Waals surface area contributed by atoms with Crippen LogP contribution in [-0.4, -0.2) is 17.6 Å². The molecule has 0 unspecified atom stereocenters. The molecule has 0 saturated carbocycles. The van der Waals surface area contributed by atoms with Gasteiger partial charge in [-0.05, 0) is 66.9 Å². The Morgan fingerprint density at radius 1 is 1.12 bits per heavy atom. The molecule has 0 amide bonds. The quantitative estimate of drug-likeness (QED) is 0.398. The second kappa shape index (κ2) is 9.66. The van der Waals surface area contributed by atoms with Gasteiger partial charge in [-0.2, -0.15) is 0 Å². The Kier molecular flexibility index (Phi) is 6.52. The normalized spacial score (nSPS) is 11.0. The monoisotopic (exact) mass is 430 g/mol. The van der Waals surface area contributed by atoms with Crippen LogP contribution in [0, 0.1) is 6.92 Å². The molecule has 0 bridgehead atoms. The molecule has 6 nitrogen and oxygen atoms in total. The highest BCUT2D eigenvalue weighted by molar-refractivity contribution is 5.93. The van der Waals surface area contributed by atoms with Gasteiger partial charge in [-0.3, -0.25) is 9.78 Å². The van der Waals surface area contributed by atoms with E-state index in [1.54, 1.807) is 19.4 Å². The van der Waals surface area contributed by atoms with Crippen LogP contribution in [0.5, 0.6) is 5.75 Å². The number of rotatable bonds is 8. The molecule has 4 rings (SSSR count). The van der Waals surface area contributed by atoms with E-state index in [0.717, 1.165) is 44.5 Å². The lowest BCUT2D eigenvalue weighted by Crippen LogP contribution is -2.09. The van der Waals surface area contributed by atoms with Crippen LogP contribution in [0.2, 0.25) is 0 Å². The summed E-state index contributed by atoms with van der Waals surface area (Å²) in [6, 6.07) is 15.8. The summed E-state index contributed by atoms with van der Waals surface area (Å²) < 4.78 is 17.0. The zero-order valence-electron chi connectivity index (χ0n) is 18.3. The molecule has 6 heteroatoms. The van der Waals surface area contributed by atoms with E-state index in [1.807, 2.05) is 49.4 Å². The summed E-state index contributed by atoms with van der Waals surface area (Å²) in [5.41, 5.74) is 12.2. The molecule has 2 heterocycles. The Bertz CT molecular complexity index is 1250. The zero-order chi connectivity index (χ0) is 22.5. The SMILES string of the molecule is CCOC(=O)Cc1ccc(C)cc1OCc1cc(-c2ccnc(CN)c2)c2occc2c1. The smallest absolute Gasteiger partial charge is 0.310 e. The van der Waals surface area contributed by atoms with Crippen LogP contribution in [-0.2, 0) is 29.1 Å². The molecule has 0 aliphatic rings. The minimum absolute atomic E-state index is 0.175. The standard InChI is InChI=1S/C26H26N2O4/c1-3-30-25(29)14-20-5-4-17(2)10-24(20)32-16-18-11-21-7-9-31-26(21)23(12-18)19-6-8-28-22(13-19)15-27/h4-13H,3,14-16,27H2,1-2H3. The lowest BCUT2D eigenvalue weighted by Gasteiger charge is -2.13. The summed E-state index contributed by atoms with van der Waals surface area (Å²) in [5, 5.41) is 0.989. The number of carbonyl (C=O) groups is 1. The summed E-state index contributed by atoms with van der Waals surface area (Å²) in [6.45, 7) is 4.87. The van der Waals surface area contributed by atoms with Gasteiger partial charge in [0.25, 0.3) is 0 Å². The first-order valence-corrected chi connectivity index (χ1v) is 10.6. The molecule has 0 aliphatic carbocycles. The van der Waals surface area contributed by atoms with Gasteiger partial charge in [0, 0.05) is 29.3 Å². The number of benzene rings is 2. The van der Waals surface area contributed by atoms with Gasteiger partial charge in [0.05, 0.1) is 25.0 Å². The topological polar surface area (TPSA) is 87.6 Å². The number of fused-ring (bicyclic) bond motifs is 1. The Labute approximate surface area is 187 Å². The average Bonchev–Trinajstić information content (AvgIpc) is 3.27. The number of furan rings is 1. The van der Waals surface area contributed by atoms with Gasteiger partial charge in [-0.15, -0.1) is 0 Å². The Morgan fingerprint density at radius 3 is 2.81 bits per heavy atom. The fraction of sp³-hybridized carbons (Fsp3) is 0.231. The van der Waals surface area contributed by atoms with Crippen molar-refractivity contribution in [3.63, 3.8) is 0 Å². The number of ether oxygens (including phenoxy) is 2. The predicted octanol–water partition coefficient (Wildman–Crippen LogP) is 4.95. The van der Waals surface area contributed by atoms with Gasteiger partial charge in [-0.1, -0.05) is 12.1 Å². The zero-order valence-corrected chi connectivity index (χ0v) is 18.3. The first kappa shape index (κ1) is 21.6. The Balaban J connectivity index is 1.63. The maximum absolute atomic E-state index is 12.0. The fourth-order valence-corrected chi connectivity index (χ4v) is 3.67. The van der Waals surface area contributed by atoms with Crippen molar-refractivity contribution in [3.05, 3.63) is 83.4 Å². The highest BCUT2D eigenvalue weighted by Gasteiger charge is 2.13. The van der Waals surface area contributed by atoms with E-state index in [4.69, 9.17) is 19.6 Å². The molecule has 0 saturated heterocycles. The van der Waals surface area contributed by atoms with Gasteiger partial charge in [0.1, 0.15) is 17.9 Å². The number of hydrogen-bond acceptors (Lipinski definition) is 6. The van der Waals surface area contributed by atoms with Crippen LogP contribution >= 0.6 is 0 Å². The van der Waals surface area contributed by atoms with Crippen molar-refractivity contribution in [3.8, 4) is 16.9 Å². The number of aromatic nitrogens is 1. The van der Waals surface area contributed by atoms with Gasteiger partial charge in [-0.25, -0.2) is 0 Å². The lowest BCUT2D eigenvalue weighted by atomic mass is 10.0. The Morgan fingerprint density at radius 2 is 2.00 bits per heavy atom. The number of aryl methyl sites for hydroxylation is 1. The van der Waals surface area contributed by atoms with E-state index in [9.17, 15) is 4.79 Å². The number of esters is 1. The van der Waals surface area contributed by atoms with Crippen molar-refractivity contribution in [1.82, 2.24) is 4.98 Å². The van der Waals surface area contributed by atoms with Crippen molar-refractivity contribution < 1.29 is 18.7 Å². The molecule has 2 aromatic carbocycles. The van der Waals surface area contributed by atoms with Crippen molar-refractivity contribution in [2.45, 2.75) is 33.4 Å². The predicted molar refractivity (Wildman–Crippen MR) is 123 cm³/mol. The van der Waals surface area contributed by atoms with E-state index in [0.29, 0.717) is 25.5 Å². The van der Waals surface area contributed by atoms with Crippen LogP contribution in [0.3, 0.4) is 0 Å². The third kappa shape index (κ3) is 4.81. The molecule has 2 N–H and O–H groups in total.